The van der Waals surface area contributed by atoms with E-state index in [4.69, 9.17) is 37.0 Å². The van der Waals surface area contributed by atoms with Crippen molar-refractivity contribution in [3.63, 3.8) is 0 Å². The van der Waals surface area contributed by atoms with E-state index < -0.39 is 97.5 Å². The standard InChI is InChI=1S/C76H144O17P2/c1-8-10-11-12-13-14-15-16-21-26-29-32-35-45-52-59-75(80)92-71(63-86-73(78)57-50-43-34-31-28-25-23-20-18-17-19-22-24-27-30-33-40-47-54-67(3)4)65-90-94(82,83)88-61-70(77)62-89-95(84,85)91-66-72(93-76(81)60-53-46-38-36-41-48-55-68(5)6)64-87-74(79)58-51-44-39-37-42-49-56-69(7)9-2/h14-16,21,67-72,77H,8-13,17-20,22-66H2,1-7H3,(H,82,83)(H,84,85)/b15-14-,21-16-/t69?,70-,71-,72-/m1/s1. The fourth-order valence-corrected chi connectivity index (χ4v) is 12.6. The van der Waals surface area contributed by atoms with Crippen molar-refractivity contribution in [3.05, 3.63) is 24.3 Å². The van der Waals surface area contributed by atoms with Gasteiger partial charge >= 0.3 is 39.5 Å². The molecule has 0 aliphatic heterocycles. The zero-order valence-corrected chi connectivity index (χ0v) is 63.4. The number of ether oxygens (including phenoxy) is 4. The molecular weight excluding hydrogens is 1250 g/mol. The van der Waals surface area contributed by atoms with Crippen molar-refractivity contribution in [1.29, 1.82) is 0 Å². The van der Waals surface area contributed by atoms with Gasteiger partial charge in [0.05, 0.1) is 26.4 Å². The summed E-state index contributed by atoms with van der Waals surface area (Å²) in [6, 6.07) is 0. The van der Waals surface area contributed by atoms with Gasteiger partial charge < -0.3 is 33.8 Å². The largest absolute Gasteiger partial charge is 0.472 e. The summed E-state index contributed by atoms with van der Waals surface area (Å²) < 4.78 is 68.3. The normalized spacial score (nSPS) is 14.5. The SMILES string of the molecule is CCCCCC/C=C\C=C/CCCCCCCC(=O)O[C@H](COC(=O)CCCCCCCCCCCCCCCCCCCCC(C)C)COP(=O)(O)OC[C@@H](O)COP(=O)(O)OC[C@@H](COC(=O)CCCCCCCCC(C)CC)OC(=O)CCCCCCCCC(C)C. The molecule has 0 aromatic carbocycles. The van der Waals surface area contributed by atoms with Crippen molar-refractivity contribution in [2.24, 2.45) is 17.8 Å². The molecule has 0 rings (SSSR count). The molecule has 3 unspecified atom stereocenters. The minimum atomic E-state index is -4.97. The summed E-state index contributed by atoms with van der Waals surface area (Å²) in [5.74, 6) is 0.0623. The topological polar surface area (TPSA) is 237 Å². The van der Waals surface area contributed by atoms with Gasteiger partial charge in [0, 0.05) is 25.7 Å². The van der Waals surface area contributed by atoms with E-state index >= 15 is 0 Å². The number of allylic oxidation sites excluding steroid dienone is 4. The molecule has 0 aliphatic carbocycles. The lowest BCUT2D eigenvalue weighted by Gasteiger charge is -2.21. The second-order valence-electron chi connectivity index (χ2n) is 27.9. The number of phosphoric acid groups is 2. The molecule has 0 spiro atoms. The van der Waals surface area contributed by atoms with Crippen LogP contribution in [0.2, 0.25) is 0 Å². The summed E-state index contributed by atoms with van der Waals surface area (Å²) >= 11 is 0. The number of carbonyl (C=O) groups excluding carboxylic acids is 4. The quantitative estimate of drug-likeness (QED) is 0.0169. The Labute approximate surface area is 580 Å². The maximum Gasteiger partial charge on any atom is 0.472 e. The van der Waals surface area contributed by atoms with Crippen LogP contribution in [-0.4, -0.2) is 96.7 Å². The highest BCUT2D eigenvalue weighted by Crippen LogP contribution is 2.45. The van der Waals surface area contributed by atoms with Crippen LogP contribution in [0.5, 0.6) is 0 Å². The van der Waals surface area contributed by atoms with Crippen molar-refractivity contribution in [2.45, 2.75) is 381 Å². The van der Waals surface area contributed by atoms with Crippen LogP contribution >= 0.6 is 15.6 Å². The Morgan fingerprint density at radius 3 is 0.937 bits per heavy atom. The number of aliphatic hydroxyl groups excluding tert-OH is 1. The van der Waals surface area contributed by atoms with Gasteiger partial charge in [-0.1, -0.05) is 310 Å². The van der Waals surface area contributed by atoms with Crippen LogP contribution in [0.4, 0.5) is 0 Å². The molecule has 6 atom stereocenters. The molecule has 0 fully saturated rings. The number of hydrogen-bond donors (Lipinski definition) is 3. The second-order valence-corrected chi connectivity index (χ2v) is 30.8. The Bertz CT molecular complexity index is 1950. The lowest BCUT2D eigenvalue weighted by atomic mass is 10.00. The summed E-state index contributed by atoms with van der Waals surface area (Å²) in [4.78, 5) is 72.7. The van der Waals surface area contributed by atoms with E-state index in [0.29, 0.717) is 31.6 Å². The van der Waals surface area contributed by atoms with E-state index in [1.165, 1.54) is 154 Å². The third kappa shape index (κ3) is 68.5. The third-order valence-electron chi connectivity index (χ3n) is 17.4. The molecule has 0 bridgehead atoms. The van der Waals surface area contributed by atoms with E-state index in [-0.39, 0.29) is 25.7 Å². The molecule has 17 nitrogen and oxygen atoms in total. The van der Waals surface area contributed by atoms with Gasteiger partial charge in [-0.15, -0.1) is 0 Å². The molecule has 0 aromatic heterocycles. The average Bonchev–Trinajstić information content (AvgIpc) is 3.57. The zero-order chi connectivity index (χ0) is 70.1. The van der Waals surface area contributed by atoms with Crippen molar-refractivity contribution < 1.29 is 80.2 Å². The molecule has 0 amide bonds. The molecule has 560 valence electrons. The van der Waals surface area contributed by atoms with E-state index in [0.717, 1.165) is 121 Å². The predicted octanol–water partition coefficient (Wildman–Crippen LogP) is 21.7. The summed E-state index contributed by atoms with van der Waals surface area (Å²) in [5.41, 5.74) is 0. The lowest BCUT2D eigenvalue weighted by molar-refractivity contribution is -0.161. The molecule has 0 saturated carbocycles. The van der Waals surface area contributed by atoms with Gasteiger partial charge in [0.15, 0.2) is 12.2 Å². The van der Waals surface area contributed by atoms with Crippen molar-refractivity contribution in [1.82, 2.24) is 0 Å². The van der Waals surface area contributed by atoms with Crippen LogP contribution in [0.15, 0.2) is 24.3 Å². The number of aliphatic hydroxyl groups is 1. The number of hydrogen-bond acceptors (Lipinski definition) is 15. The highest BCUT2D eigenvalue weighted by Gasteiger charge is 2.30. The maximum atomic E-state index is 13.1. The van der Waals surface area contributed by atoms with Crippen LogP contribution in [0.25, 0.3) is 0 Å². The number of phosphoric ester groups is 2. The van der Waals surface area contributed by atoms with Crippen molar-refractivity contribution >= 4 is 39.5 Å². The second kappa shape index (κ2) is 66.1. The highest BCUT2D eigenvalue weighted by molar-refractivity contribution is 7.47. The summed E-state index contributed by atoms with van der Waals surface area (Å²) in [6.45, 7) is 11.7. The maximum absolute atomic E-state index is 13.1. The fourth-order valence-electron chi connectivity index (χ4n) is 11.0. The van der Waals surface area contributed by atoms with Gasteiger partial charge in [-0.2, -0.15) is 0 Å². The number of rotatable bonds is 72. The van der Waals surface area contributed by atoms with E-state index in [1.807, 2.05) is 0 Å². The molecule has 19 heteroatoms. The summed E-state index contributed by atoms with van der Waals surface area (Å²) in [7, 11) is -9.92. The van der Waals surface area contributed by atoms with Crippen molar-refractivity contribution in [2.75, 3.05) is 39.6 Å². The molecule has 0 heterocycles. The Morgan fingerprint density at radius 1 is 0.347 bits per heavy atom. The van der Waals surface area contributed by atoms with Crippen LogP contribution in [0, 0.1) is 17.8 Å². The molecule has 0 aliphatic rings. The zero-order valence-electron chi connectivity index (χ0n) is 61.6. The Hall–Kier alpha value is -2.46. The third-order valence-corrected chi connectivity index (χ3v) is 19.3. The molecule has 3 N–H and O–H groups in total. The molecule has 0 aromatic rings. The van der Waals surface area contributed by atoms with Crippen LogP contribution in [0.1, 0.15) is 363 Å². The molecule has 95 heavy (non-hydrogen) atoms. The first-order valence-electron chi connectivity index (χ1n) is 38.7. The van der Waals surface area contributed by atoms with Crippen molar-refractivity contribution in [3.8, 4) is 0 Å². The van der Waals surface area contributed by atoms with Gasteiger partial charge in [0.2, 0.25) is 0 Å². The first-order valence-corrected chi connectivity index (χ1v) is 41.7. The van der Waals surface area contributed by atoms with E-state index in [1.54, 1.807) is 0 Å². The monoisotopic (exact) mass is 1390 g/mol. The van der Waals surface area contributed by atoms with Gasteiger partial charge in [-0.05, 0) is 69.1 Å². The lowest BCUT2D eigenvalue weighted by Crippen LogP contribution is -2.30. The van der Waals surface area contributed by atoms with Gasteiger partial charge in [0.25, 0.3) is 0 Å². The average molecular weight is 1390 g/mol. The van der Waals surface area contributed by atoms with Gasteiger partial charge in [-0.3, -0.25) is 37.3 Å². The van der Waals surface area contributed by atoms with Crippen LogP contribution in [0.3, 0.4) is 0 Å². The predicted molar refractivity (Wildman–Crippen MR) is 386 cm³/mol. The Kier molecular flexibility index (Phi) is 64.4. The minimum absolute atomic E-state index is 0.0849. The molecule has 0 saturated heterocycles. The minimum Gasteiger partial charge on any atom is -0.462 e. The van der Waals surface area contributed by atoms with Crippen LogP contribution in [-0.2, 0) is 65.4 Å². The first-order chi connectivity index (χ1) is 45.8. The first kappa shape index (κ1) is 92.5. The van der Waals surface area contributed by atoms with Crippen LogP contribution < -0.4 is 0 Å². The Balaban J connectivity index is 5.21. The molecular formula is C76H144O17P2. The highest BCUT2D eigenvalue weighted by atomic mass is 31.2. The summed E-state index contributed by atoms with van der Waals surface area (Å²) in [5, 5.41) is 10.6. The van der Waals surface area contributed by atoms with E-state index in [2.05, 4.69) is 72.8 Å². The van der Waals surface area contributed by atoms with Gasteiger partial charge in [-0.25, -0.2) is 9.13 Å². The number of esters is 4. The number of carbonyl (C=O) groups is 4. The Morgan fingerprint density at radius 2 is 0.621 bits per heavy atom. The van der Waals surface area contributed by atoms with E-state index in [9.17, 15) is 43.2 Å². The van der Waals surface area contributed by atoms with Gasteiger partial charge in [0.1, 0.15) is 19.3 Å². The smallest absolute Gasteiger partial charge is 0.462 e. The summed E-state index contributed by atoms with van der Waals surface area (Å²) in [6.07, 6.45) is 55.3. The number of unbranched alkanes of at least 4 members (excludes halogenated alkanes) is 36. The fraction of sp³-hybridized carbons (Fsp3) is 0.895. The molecule has 0 radical (unpaired) electrons.